The molecule has 0 spiro atoms. The SMILES string of the molecule is CN=C(NCCn1ccnc1)N1CC(C)C(C(=O)OC)C1. The Hall–Kier alpha value is -2.05. The molecule has 0 amide bonds. The number of guanidine groups is 1. The minimum atomic E-state index is -0.140. The summed E-state index contributed by atoms with van der Waals surface area (Å²) in [4.78, 5) is 22.1. The van der Waals surface area contributed by atoms with Crippen LogP contribution in [0.4, 0.5) is 0 Å². The third-order valence-corrected chi connectivity index (χ3v) is 3.84. The van der Waals surface area contributed by atoms with Gasteiger partial charge in [0.2, 0.25) is 0 Å². The van der Waals surface area contributed by atoms with E-state index in [0.717, 1.165) is 25.6 Å². The number of methoxy groups -OCH3 is 1. The van der Waals surface area contributed by atoms with E-state index in [1.165, 1.54) is 7.11 Å². The normalized spacial score (nSPS) is 22.4. The fourth-order valence-electron chi connectivity index (χ4n) is 2.65. The summed E-state index contributed by atoms with van der Waals surface area (Å²) >= 11 is 0. The van der Waals surface area contributed by atoms with Crippen LogP contribution in [0.2, 0.25) is 0 Å². The minimum absolute atomic E-state index is 0.0813. The zero-order valence-electron chi connectivity index (χ0n) is 12.8. The van der Waals surface area contributed by atoms with Crippen molar-refractivity contribution >= 4 is 11.9 Å². The van der Waals surface area contributed by atoms with E-state index in [2.05, 4.69) is 27.1 Å². The van der Waals surface area contributed by atoms with Crippen LogP contribution in [0.15, 0.2) is 23.7 Å². The number of esters is 1. The monoisotopic (exact) mass is 293 g/mol. The average molecular weight is 293 g/mol. The number of carbonyl (C=O) groups excluding carboxylic acids is 1. The van der Waals surface area contributed by atoms with Gasteiger partial charge in [0, 0.05) is 45.6 Å². The van der Waals surface area contributed by atoms with Crippen molar-refractivity contribution in [2.24, 2.45) is 16.8 Å². The highest BCUT2D eigenvalue weighted by Gasteiger charge is 2.36. The third kappa shape index (κ3) is 3.74. The van der Waals surface area contributed by atoms with Crippen molar-refractivity contribution in [2.45, 2.75) is 13.5 Å². The minimum Gasteiger partial charge on any atom is -0.469 e. The highest BCUT2D eigenvalue weighted by atomic mass is 16.5. The molecule has 2 unspecified atom stereocenters. The Bertz CT molecular complexity index is 486. The molecule has 1 aromatic heterocycles. The van der Waals surface area contributed by atoms with Crippen LogP contribution in [0.25, 0.3) is 0 Å². The average Bonchev–Trinajstić information content (AvgIpc) is 3.12. The molecule has 1 saturated heterocycles. The van der Waals surface area contributed by atoms with E-state index in [9.17, 15) is 4.79 Å². The van der Waals surface area contributed by atoms with E-state index in [1.54, 1.807) is 19.6 Å². The topological polar surface area (TPSA) is 71.8 Å². The molecule has 21 heavy (non-hydrogen) atoms. The van der Waals surface area contributed by atoms with Crippen molar-refractivity contribution in [3.05, 3.63) is 18.7 Å². The van der Waals surface area contributed by atoms with Gasteiger partial charge in [-0.25, -0.2) is 4.98 Å². The van der Waals surface area contributed by atoms with Crippen LogP contribution in [0.5, 0.6) is 0 Å². The Morgan fingerprint density at radius 1 is 1.52 bits per heavy atom. The van der Waals surface area contributed by atoms with Gasteiger partial charge in [-0.2, -0.15) is 0 Å². The maximum atomic E-state index is 11.7. The summed E-state index contributed by atoms with van der Waals surface area (Å²) in [5.74, 6) is 0.874. The molecule has 0 bridgehead atoms. The number of ether oxygens (including phenoxy) is 1. The van der Waals surface area contributed by atoms with E-state index in [4.69, 9.17) is 4.74 Å². The molecular weight excluding hydrogens is 270 g/mol. The molecule has 2 heterocycles. The fourth-order valence-corrected chi connectivity index (χ4v) is 2.65. The van der Waals surface area contributed by atoms with Crippen molar-refractivity contribution in [1.29, 1.82) is 0 Å². The Kier molecular flexibility index (Phi) is 5.19. The zero-order chi connectivity index (χ0) is 15.2. The van der Waals surface area contributed by atoms with Gasteiger partial charge < -0.3 is 19.5 Å². The van der Waals surface area contributed by atoms with Crippen LogP contribution < -0.4 is 5.32 Å². The van der Waals surface area contributed by atoms with Gasteiger partial charge in [0.25, 0.3) is 0 Å². The summed E-state index contributed by atoms with van der Waals surface area (Å²) in [6, 6.07) is 0. The lowest BCUT2D eigenvalue weighted by molar-refractivity contribution is -0.145. The number of hydrogen-bond donors (Lipinski definition) is 1. The van der Waals surface area contributed by atoms with Gasteiger partial charge in [-0.05, 0) is 5.92 Å². The molecule has 1 aromatic rings. The van der Waals surface area contributed by atoms with Crippen molar-refractivity contribution in [3.63, 3.8) is 0 Å². The van der Waals surface area contributed by atoms with Gasteiger partial charge in [0.1, 0.15) is 0 Å². The number of hydrogen-bond acceptors (Lipinski definition) is 4. The van der Waals surface area contributed by atoms with Crippen LogP contribution in [0.3, 0.4) is 0 Å². The van der Waals surface area contributed by atoms with Crippen LogP contribution in [-0.4, -0.2) is 60.2 Å². The smallest absolute Gasteiger partial charge is 0.310 e. The molecule has 1 aliphatic rings. The fraction of sp³-hybridized carbons (Fsp3) is 0.643. The molecule has 1 fully saturated rings. The number of nitrogens with one attached hydrogen (secondary N) is 1. The lowest BCUT2D eigenvalue weighted by Crippen LogP contribution is -2.41. The van der Waals surface area contributed by atoms with E-state index >= 15 is 0 Å². The number of imidazole rings is 1. The first kappa shape index (κ1) is 15.3. The van der Waals surface area contributed by atoms with Gasteiger partial charge in [-0.15, -0.1) is 0 Å². The molecule has 0 radical (unpaired) electrons. The summed E-state index contributed by atoms with van der Waals surface area (Å²) in [7, 11) is 3.20. The second kappa shape index (κ2) is 7.10. The van der Waals surface area contributed by atoms with Crippen molar-refractivity contribution < 1.29 is 9.53 Å². The molecule has 1 N–H and O–H groups in total. The lowest BCUT2D eigenvalue weighted by atomic mass is 9.99. The summed E-state index contributed by atoms with van der Waals surface area (Å²) in [5, 5.41) is 3.32. The van der Waals surface area contributed by atoms with Crippen LogP contribution in [0, 0.1) is 11.8 Å². The number of likely N-dealkylation sites (tertiary alicyclic amines) is 1. The van der Waals surface area contributed by atoms with Gasteiger partial charge >= 0.3 is 5.97 Å². The molecule has 2 atom stereocenters. The maximum absolute atomic E-state index is 11.7. The predicted molar refractivity (Wildman–Crippen MR) is 79.8 cm³/mol. The quantitative estimate of drug-likeness (QED) is 0.488. The van der Waals surface area contributed by atoms with Gasteiger partial charge in [-0.1, -0.05) is 6.92 Å². The van der Waals surface area contributed by atoms with Crippen molar-refractivity contribution in [2.75, 3.05) is 33.8 Å². The molecule has 1 aliphatic heterocycles. The standard InChI is InChI=1S/C14H23N5O2/c1-11-8-19(9-12(11)13(20)21-3)14(15-2)17-5-7-18-6-4-16-10-18/h4,6,10-12H,5,7-9H2,1-3H3,(H,15,17). The summed E-state index contributed by atoms with van der Waals surface area (Å²) in [5.41, 5.74) is 0. The number of nitrogens with zero attached hydrogens (tertiary/aromatic N) is 4. The van der Waals surface area contributed by atoms with Crippen LogP contribution in [0.1, 0.15) is 6.92 Å². The molecule has 7 nitrogen and oxygen atoms in total. The second-order valence-corrected chi connectivity index (χ2v) is 5.29. The summed E-state index contributed by atoms with van der Waals surface area (Å²) in [6.45, 7) is 5.11. The van der Waals surface area contributed by atoms with Gasteiger partial charge in [0.15, 0.2) is 5.96 Å². The number of aliphatic imine (C=N–C) groups is 1. The predicted octanol–water partition coefficient (Wildman–Crippen LogP) is 0.199. The first-order valence-corrected chi connectivity index (χ1v) is 7.15. The molecule has 7 heteroatoms. The van der Waals surface area contributed by atoms with Crippen LogP contribution in [-0.2, 0) is 16.1 Å². The largest absolute Gasteiger partial charge is 0.469 e. The highest BCUT2D eigenvalue weighted by Crippen LogP contribution is 2.23. The summed E-state index contributed by atoms with van der Waals surface area (Å²) < 4.78 is 6.86. The first-order valence-electron chi connectivity index (χ1n) is 7.15. The van der Waals surface area contributed by atoms with E-state index in [0.29, 0.717) is 6.54 Å². The second-order valence-electron chi connectivity index (χ2n) is 5.29. The molecule has 0 aliphatic carbocycles. The van der Waals surface area contributed by atoms with Gasteiger partial charge in [-0.3, -0.25) is 9.79 Å². The Morgan fingerprint density at radius 2 is 2.33 bits per heavy atom. The maximum Gasteiger partial charge on any atom is 0.310 e. The Labute approximate surface area is 125 Å². The lowest BCUT2D eigenvalue weighted by Gasteiger charge is -2.21. The number of aromatic nitrogens is 2. The molecule has 2 rings (SSSR count). The summed E-state index contributed by atoms with van der Waals surface area (Å²) in [6.07, 6.45) is 5.48. The zero-order valence-corrected chi connectivity index (χ0v) is 12.8. The van der Waals surface area contributed by atoms with Crippen molar-refractivity contribution in [3.8, 4) is 0 Å². The molecular formula is C14H23N5O2. The van der Waals surface area contributed by atoms with Crippen LogP contribution >= 0.6 is 0 Å². The van der Waals surface area contributed by atoms with Gasteiger partial charge in [0.05, 0.1) is 19.4 Å². The highest BCUT2D eigenvalue weighted by molar-refractivity contribution is 5.82. The van der Waals surface area contributed by atoms with Crippen molar-refractivity contribution in [1.82, 2.24) is 19.8 Å². The molecule has 116 valence electrons. The molecule has 0 saturated carbocycles. The first-order chi connectivity index (χ1) is 10.2. The Balaban J connectivity index is 1.86. The third-order valence-electron chi connectivity index (χ3n) is 3.84. The number of rotatable bonds is 4. The van der Waals surface area contributed by atoms with E-state index in [-0.39, 0.29) is 17.8 Å². The number of carbonyl (C=O) groups is 1. The molecule has 0 aromatic carbocycles. The Morgan fingerprint density at radius 3 is 2.95 bits per heavy atom. The van der Waals surface area contributed by atoms with E-state index in [1.807, 2.05) is 10.8 Å². The van der Waals surface area contributed by atoms with E-state index < -0.39 is 0 Å².